The number of methoxy groups -OCH3 is 2. The molecule has 0 atom stereocenters. The number of alkyl halides is 1. The first kappa shape index (κ1) is 15.7. The third kappa shape index (κ3) is 3.71. The predicted octanol–water partition coefficient (Wildman–Crippen LogP) is 4.07. The molecule has 0 aliphatic carbocycles. The monoisotopic (exact) mass is 327 g/mol. The Morgan fingerprint density at radius 2 is 1.81 bits per heavy atom. The fourth-order valence-electron chi connectivity index (χ4n) is 1.82. The Morgan fingerprint density at radius 1 is 1.14 bits per heavy atom. The van der Waals surface area contributed by atoms with E-state index in [2.05, 4.69) is 4.98 Å². The summed E-state index contributed by atoms with van der Waals surface area (Å²) in [5.74, 6) is 2.01. The van der Waals surface area contributed by atoms with Gasteiger partial charge >= 0.3 is 0 Å². The quantitative estimate of drug-likeness (QED) is 0.750. The summed E-state index contributed by atoms with van der Waals surface area (Å²) in [6.07, 6.45) is 3.24. The van der Waals surface area contributed by atoms with E-state index < -0.39 is 0 Å². The number of pyridine rings is 1. The van der Waals surface area contributed by atoms with Gasteiger partial charge in [0, 0.05) is 23.8 Å². The summed E-state index contributed by atoms with van der Waals surface area (Å²) < 4.78 is 16.5. The lowest BCUT2D eigenvalue weighted by Crippen LogP contribution is -2.01. The van der Waals surface area contributed by atoms with Crippen LogP contribution < -0.4 is 14.2 Å². The lowest BCUT2D eigenvalue weighted by molar-refractivity contribution is 0.265. The zero-order valence-corrected chi connectivity index (χ0v) is 13.2. The summed E-state index contributed by atoms with van der Waals surface area (Å²) in [6.45, 7) is 0.286. The Bertz CT molecular complexity index is 595. The Labute approximate surface area is 133 Å². The minimum absolute atomic E-state index is 0.286. The van der Waals surface area contributed by atoms with Crippen molar-refractivity contribution >= 4 is 23.2 Å². The van der Waals surface area contributed by atoms with Crippen molar-refractivity contribution in [1.82, 2.24) is 4.98 Å². The van der Waals surface area contributed by atoms with E-state index in [0.717, 1.165) is 11.1 Å². The number of hydrogen-bond acceptors (Lipinski definition) is 4. The molecule has 0 radical (unpaired) electrons. The van der Waals surface area contributed by atoms with Crippen molar-refractivity contribution in [2.24, 2.45) is 0 Å². The number of rotatable bonds is 6. The molecule has 112 valence electrons. The van der Waals surface area contributed by atoms with Crippen LogP contribution in [0, 0.1) is 0 Å². The average Bonchev–Trinajstić information content (AvgIpc) is 2.53. The summed E-state index contributed by atoms with van der Waals surface area (Å²) in [6, 6.07) is 5.44. The van der Waals surface area contributed by atoms with E-state index in [1.807, 2.05) is 12.1 Å². The molecule has 0 bridgehead atoms. The molecule has 0 saturated heterocycles. The maximum absolute atomic E-state index is 6.06. The molecule has 0 unspecified atom stereocenters. The Hall–Kier alpha value is -1.65. The SMILES string of the molecule is COc1cc(CCl)cc(OC)c1OCc1ccncc1Cl. The van der Waals surface area contributed by atoms with E-state index in [1.165, 1.54) is 0 Å². The van der Waals surface area contributed by atoms with Crippen molar-refractivity contribution in [2.45, 2.75) is 12.5 Å². The van der Waals surface area contributed by atoms with Gasteiger partial charge in [0.1, 0.15) is 6.61 Å². The first-order valence-corrected chi connectivity index (χ1v) is 7.13. The van der Waals surface area contributed by atoms with E-state index >= 15 is 0 Å². The van der Waals surface area contributed by atoms with Crippen LogP contribution in [0.25, 0.3) is 0 Å². The number of halogens is 2. The van der Waals surface area contributed by atoms with Crippen LogP contribution in [0.5, 0.6) is 17.2 Å². The van der Waals surface area contributed by atoms with Crippen molar-refractivity contribution < 1.29 is 14.2 Å². The number of benzene rings is 1. The first-order chi connectivity index (χ1) is 10.2. The van der Waals surface area contributed by atoms with Gasteiger partial charge in [-0.15, -0.1) is 11.6 Å². The van der Waals surface area contributed by atoms with Gasteiger partial charge in [-0.2, -0.15) is 0 Å². The zero-order valence-electron chi connectivity index (χ0n) is 11.7. The van der Waals surface area contributed by atoms with Crippen LogP contribution in [0.1, 0.15) is 11.1 Å². The molecule has 0 amide bonds. The first-order valence-electron chi connectivity index (χ1n) is 6.21. The largest absolute Gasteiger partial charge is 0.493 e. The molecule has 0 aliphatic heterocycles. The van der Waals surface area contributed by atoms with Crippen LogP contribution in [0.4, 0.5) is 0 Å². The van der Waals surface area contributed by atoms with Gasteiger partial charge in [0.25, 0.3) is 0 Å². The topological polar surface area (TPSA) is 40.6 Å². The highest BCUT2D eigenvalue weighted by molar-refractivity contribution is 6.31. The highest BCUT2D eigenvalue weighted by Crippen LogP contribution is 2.39. The van der Waals surface area contributed by atoms with Crippen molar-refractivity contribution in [2.75, 3.05) is 14.2 Å². The zero-order chi connectivity index (χ0) is 15.2. The number of ether oxygens (including phenoxy) is 3. The lowest BCUT2D eigenvalue weighted by Gasteiger charge is -2.16. The molecule has 2 rings (SSSR count). The van der Waals surface area contributed by atoms with E-state index in [-0.39, 0.29) is 6.61 Å². The third-order valence-electron chi connectivity index (χ3n) is 2.90. The second-order valence-electron chi connectivity index (χ2n) is 4.22. The normalized spacial score (nSPS) is 10.3. The summed E-state index contributed by atoms with van der Waals surface area (Å²) in [5, 5.41) is 0.549. The smallest absolute Gasteiger partial charge is 0.203 e. The fourth-order valence-corrected chi connectivity index (χ4v) is 2.15. The molecule has 6 heteroatoms. The molecule has 21 heavy (non-hydrogen) atoms. The van der Waals surface area contributed by atoms with E-state index in [9.17, 15) is 0 Å². The lowest BCUT2D eigenvalue weighted by atomic mass is 10.2. The molecule has 0 fully saturated rings. The average molecular weight is 328 g/mol. The van der Waals surface area contributed by atoms with Gasteiger partial charge < -0.3 is 14.2 Å². The van der Waals surface area contributed by atoms with Crippen LogP contribution in [0.3, 0.4) is 0 Å². The van der Waals surface area contributed by atoms with Gasteiger partial charge in [-0.3, -0.25) is 4.98 Å². The molecule has 4 nitrogen and oxygen atoms in total. The summed E-state index contributed by atoms with van der Waals surface area (Å²) in [7, 11) is 3.14. The molecular weight excluding hydrogens is 313 g/mol. The maximum atomic E-state index is 6.06. The van der Waals surface area contributed by atoms with Gasteiger partial charge in [-0.1, -0.05) is 11.6 Å². The molecule has 1 aromatic heterocycles. The molecule has 2 aromatic rings. The van der Waals surface area contributed by atoms with Crippen LogP contribution in [-0.2, 0) is 12.5 Å². The Kier molecular flexibility index (Phi) is 5.53. The maximum Gasteiger partial charge on any atom is 0.203 e. The fraction of sp³-hybridized carbons (Fsp3) is 0.267. The van der Waals surface area contributed by atoms with Gasteiger partial charge in [0.2, 0.25) is 5.75 Å². The minimum Gasteiger partial charge on any atom is -0.493 e. The van der Waals surface area contributed by atoms with Crippen molar-refractivity contribution in [3.63, 3.8) is 0 Å². The van der Waals surface area contributed by atoms with Gasteiger partial charge in [0.15, 0.2) is 11.5 Å². The standard InChI is InChI=1S/C15H15Cl2NO3/c1-19-13-5-10(7-16)6-14(20-2)15(13)21-9-11-3-4-18-8-12(11)17/h3-6,8H,7,9H2,1-2H3. The van der Waals surface area contributed by atoms with E-state index in [4.69, 9.17) is 37.4 Å². The van der Waals surface area contributed by atoms with Gasteiger partial charge in [-0.25, -0.2) is 0 Å². The Morgan fingerprint density at radius 3 is 2.33 bits per heavy atom. The molecule has 0 N–H and O–H groups in total. The molecule has 0 saturated carbocycles. The second-order valence-corrected chi connectivity index (χ2v) is 4.89. The van der Waals surface area contributed by atoms with E-state index in [0.29, 0.717) is 28.2 Å². The van der Waals surface area contributed by atoms with Gasteiger partial charge in [-0.05, 0) is 23.8 Å². The molecule has 1 heterocycles. The van der Waals surface area contributed by atoms with Gasteiger partial charge in [0.05, 0.1) is 19.2 Å². The number of hydrogen-bond donors (Lipinski definition) is 0. The second kappa shape index (κ2) is 7.38. The number of nitrogens with zero attached hydrogens (tertiary/aromatic N) is 1. The Balaban J connectivity index is 2.28. The minimum atomic E-state index is 0.286. The highest BCUT2D eigenvalue weighted by atomic mass is 35.5. The molecule has 1 aromatic carbocycles. The summed E-state index contributed by atoms with van der Waals surface area (Å²) >= 11 is 11.9. The molecular formula is C15H15Cl2NO3. The van der Waals surface area contributed by atoms with Crippen molar-refractivity contribution in [3.8, 4) is 17.2 Å². The van der Waals surface area contributed by atoms with E-state index in [1.54, 1.807) is 32.7 Å². The summed E-state index contributed by atoms with van der Waals surface area (Å²) in [4.78, 5) is 3.94. The van der Waals surface area contributed by atoms with Crippen molar-refractivity contribution in [1.29, 1.82) is 0 Å². The number of aromatic nitrogens is 1. The highest BCUT2D eigenvalue weighted by Gasteiger charge is 2.14. The van der Waals surface area contributed by atoms with Crippen LogP contribution in [0.15, 0.2) is 30.6 Å². The molecule has 0 spiro atoms. The molecule has 0 aliphatic rings. The van der Waals surface area contributed by atoms with Crippen LogP contribution in [-0.4, -0.2) is 19.2 Å². The van der Waals surface area contributed by atoms with Crippen molar-refractivity contribution in [3.05, 3.63) is 46.7 Å². The summed E-state index contributed by atoms with van der Waals surface area (Å²) in [5.41, 5.74) is 1.72. The predicted molar refractivity (Wildman–Crippen MR) is 82.7 cm³/mol. The van der Waals surface area contributed by atoms with Crippen LogP contribution in [0.2, 0.25) is 5.02 Å². The third-order valence-corrected chi connectivity index (χ3v) is 3.55. The van der Waals surface area contributed by atoms with Crippen LogP contribution >= 0.6 is 23.2 Å².